The maximum Gasteiger partial charge on any atom is 0.322 e. The zero-order chi connectivity index (χ0) is 24.9. The average Bonchev–Trinajstić information content (AvgIpc) is 3.32. The van der Waals surface area contributed by atoms with E-state index in [4.69, 9.17) is 19.0 Å². The Morgan fingerprint density at radius 2 is 1.60 bits per heavy atom. The molecule has 3 aromatic rings. The first kappa shape index (κ1) is 24.3. The molecule has 4 rings (SSSR count). The summed E-state index contributed by atoms with van der Waals surface area (Å²) in [4.78, 5) is 19.5. The molecule has 0 radical (unpaired) electrons. The fourth-order valence-corrected chi connectivity index (χ4v) is 4.13. The molecule has 0 saturated heterocycles. The number of carbonyl (C=O) groups excluding carboxylic acids is 1. The van der Waals surface area contributed by atoms with E-state index in [0.29, 0.717) is 37.4 Å². The van der Waals surface area contributed by atoms with E-state index < -0.39 is 6.04 Å². The third kappa shape index (κ3) is 5.31. The number of ether oxygens (including phenoxy) is 2. The van der Waals surface area contributed by atoms with Gasteiger partial charge < -0.3 is 19.3 Å². The molecule has 0 aliphatic carbocycles. The highest BCUT2D eigenvalue weighted by atomic mass is 16.5. The molecule has 1 unspecified atom stereocenters. The number of urea groups is 1. The molecule has 0 bridgehead atoms. The zero-order valence-corrected chi connectivity index (χ0v) is 20.9. The van der Waals surface area contributed by atoms with Gasteiger partial charge in [0.25, 0.3) is 5.89 Å². The lowest BCUT2D eigenvalue weighted by molar-refractivity contribution is 0.199. The topological polar surface area (TPSA) is 89.7 Å². The van der Waals surface area contributed by atoms with Crippen LogP contribution in [0.5, 0.6) is 11.5 Å². The first-order valence-corrected chi connectivity index (χ1v) is 12.0. The summed E-state index contributed by atoms with van der Waals surface area (Å²) < 4.78 is 16.9. The van der Waals surface area contributed by atoms with E-state index in [2.05, 4.69) is 24.3 Å². The van der Waals surface area contributed by atoms with Crippen LogP contribution in [-0.4, -0.2) is 40.8 Å². The molecule has 8 heteroatoms. The quantitative estimate of drug-likeness (QED) is 0.427. The van der Waals surface area contributed by atoms with Gasteiger partial charge in [-0.25, -0.2) is 4.79 Å². The van der Waals surface area contributed by atoms with Crippen molar-refractivity contribution in [3.8, 4) is 22.9 Å². The molecule has 2 heterocycles. The Kier molecular flexibility index (Phi) is 7.39. The van der Waals surface area contributed by atoms with Crippen molar-refractivity contribution in [2.45, 2.75) is 40.7 Å². The van der Waals surface area contributed by atoms with Gasteiger partial charge in [-0.2, -0.15) is 4.98 Å². The number of amides is 2. The van der Waals surface area contributed by atoms with Crippen LogP contribution in [0.4, 0.5) is 4.79 Å². The summed E-state index contributed by atoms with van der Waals surface area (Å²) >= 11 is 0. The molecule has 184 valence electrons. The fraction of sp³-hybridized carbons (Fsp3) is 0.370. The van der Waals surface area contributed by atoms with Crippen molar-refractivity contribution in [1.82, 2.24) is 20.4 Å². The maximum atomic E-state index is 13.1. The van der Waals surface area contributed by atoms with Crippen molar-refractivity contribution in [2.24, 2.45) is 5.92 Å². The van der Waals surface area contributed by atoms with Crippen molar-refractivity contribution in [1.29, 1.82) is 0 Å². The third-order valence-corrected chi connectivity index (χ3v) is 5.75. The van der Waals surface area contributed by atoms with Crippen LogP contribution in [0, 0.1) is 5.92 Å². The van der Waals surface area contributed by atoms with Gasteiger partial charge in [0.05, 0.1) is 24.8 Å². The van der Waals surface area contributed by atoms with Gasteiger partial charge in [0.1, 0.15) is 11.5 Å². The number of aromatic nitrogens is 2. The van der Waals surface area contributed by atoms with Gasteiger partial charge >= 0.3 is 6.03 Å². The van der Waals surface area contributed by atoms with Crippen molar-refractivity contribution in [3.63, 3.8) is 0 Å². The van der Waals surface area contributed by atoms with Gasteiger partial charge in [0, 0.05) is 17.8 Å². The lowest BCUT2D eigenvalue weighted by Gasteiger charge is -2.36. The standard InChI is InChI=1S/C27H32N4O4/c1-6-33-21-12-8-19(9-13-21)24-23(18(5)31(16-17(3)4)27(32)28-24)26-29-25(30-35-26)20-10-14-22(15-11-20)34-7-2/h8-15,17,24H,6-7,16H2,1-5H3,(H,28,32). The summed E-state index contributed by atoms with van der Waals surface area (Å²) in [6.45, 7) is 11.7. The minimum absolute atomic E-state index is 0.148. The molecule has 0 fully saturated rings. The molecule has 1 aliphatic rings. The van der Waals surface area contributed by atoms with Crippen LogP contribution in [0.1, 0.15) is 52.1 Å². The third-order valence-electron chi connectivity index (χ3n) is 5.75. The van der Waals surface area contributed by atoms with Crippen LogP contribution in [0.3, 0.4) is 0 Å². The second-order valence-corrected chi connectivity index (χ2v) is 8.77. The number of allylic oxidation sites excluding steroid dienone is 1. The molecule has 1 aromatic heterocycles. The number of carbonyl (C=O) groups is 1. The number of nitrogens with one attached hydrogen (secondary N) is 1. The Morgan fingerprint density at radius 1 is 1.00 bits per heavy atom. The Hall–Kier alpha value is -3.81. The molecule has 0 spiro atoms. The minimum atomic E-state index is -0.435. The summed E-state index contributed by atoms with van der Waals surface area (Å²) in [6.07, 6.45) is 0. The second-order valence-electron chi connectivity index (χ2n) is 8.77. The summed E-state index contributed by atoms with van der Waals surface area (Å²) in [5.74, 6) is 2.70. The highest BCUT2D eigenvalue weighted by Crippen LogP contribution is 2.38. The van der Waals surface area contributed by atoms with Crippen LogP contribution in [0.15, 0.2) is 58.8 Å². The molecular formula is C27H32N4O4. The Labute approximate surface area is 205 Å². The first-order chi connectivity index (χ1) is 16.9. The van der Waals surface area contributed by atoms with Crippen LogP contribution < -0.4 is 14.8 Å². The number of benzene rings is 2. The van der Waals surface area contributed by atoms with E-state index in [9.17, 15) is 4.79 Å². The molecule has 0 saturated carbocycles. The molecule has 2 amide bonds. The van der Waals surface area contributed by atoms with Gasteiger partial charge in [0.15, 0.2) is 0 Å². The summed E-state index contributed by atoms with van der Waals surface area (Å²) in [6, 6.07) is 14.7. The predicted octanol–water partition coefficient (Wildman–Crippen LogP) is 5.69. The number of hydrogen-bond acceptors (Lipinski definition) is 6. The normalized spacial score (nSPS) is 16.0. The molecule has 1 aliphatic heterocycles. The molecule has 8 nitrogen and oxygen atoms in total. The Bertz CT molecular complexity index is 1180. The summed E-state index contributed by atoms with van der Waals surface area (Å²) in [7, 11) is 0. The molecule has 35 heavy (non-hydrogen) atoms. The first-order valence-electron chi connectivity index (χ1n) is 12.0. The van der Waals surface area contributed by atoms with Crippen LogP contribution in [0.2, 0.25) is 0 Å². The van der Waals surface area contributed by atoms with Crippen LogP contribution in [0.25, 0.3) is 17.0 Å². The van der Waals surface area contributed by atoms with Gasteiger partial charge in [-0.05, 0) is 68.7 Å². The van der Waals surface area contributed by atoms with Gasteiger partial charge in [-0.1, -0.05) is 31.1 Å². The van der Waals surface area contributed by atoms with E-state index >= 15 is 0 Å². The van der Waals surface area contributed by atoms with Gasteiger partial charge in [-0.15, -0.1) is 0 Å². The Balaban J connectivity index is 1.73. The zero-order valence-electron chi connectivity index (χ0n) is 20.9. The largest absolute Gasteiger partial charge is 0.494 e. The second kappa shape index (κ2) is 10.6. The summed E-state index contributed by atoms with van der Waals surface area (Å²) in [5.41, 5.74) is 3.29. The Morgan fingerprint density at radius 3 is 2.17 bits per heavy atom. The lowest BCUT2D eigenvalue weighted by Crippen LogP contribution is -2.47. The highest BCUT2D eigenvalue weighted by molar-refractivity contribution is 5.87. The monoisotopic (exact) mass is 476 g/mol. The maximum absolute atomic E-state index is 13.1. The smallest absolute Gasteiger partial charge is 0.322 e. The highest BCUT2D eigenvalue weighted by Gasteiger charge is 2.36. The van der Waals surface area contributed by atoms with Crippen LogP contribution >= 0.6 is 0 Å². The molecule has 2 aromatic carbocycles. The minimum Gasteiger partial charge on any atom is -0.494 e. The molecule has 1 atom stereocenters. The van der Waals surface area contributed by atoms with Crippen molar-refractivity contribution < 1.29 is 18.8 Å². The SMILES string of the molecule is CCOc1ccc(-c2noc(C3=C(C)N(CC(C)C)C(=O)NC3c3ccc(OCC)cc3)n2)cc1. The van der Waals surface area contributed by atoms with Crippen molar-refractivity contribution >= 4 is 11.6 Å². The molecule has 1 N–H and O–H groups in total. The fourth-order valence-electron chi connectivity index (χ4n) is 4.13. The van der Waals surface area contributed by atoms with E-state index in [1.165, 1.54) is 0 Å². The van der Waals surface area contributed by atoms with Crippen LogP contribution in [-0.2, 0) is 0 Å². The number of rotatable bonds is 9. The van der Waals surface area contributed by atoms with Gasteiger partial charge in [-0.3, -0.25) is 4.90 Å². The molecular weight excluding hydrogens is 444 g/mol. The lowest BCUT2D eigenvalue weighted by atomic mass is 9.94. The average molecular weight is 477 g/mol. The van der Waals surface area contributed by atoms with Gasteiger partial charge in [0.2, 0.25) is 5.82 Å². The van der Waals surface area contributed by atoms with Crippen molar-refractivity contribution in [2.75, 3.05) is 19.8 Å². The van der Waals surface area contributed by atoms with E-state index in [-0.39, 0.29) is 6.03 Å². The number of hydrogen-bond donors (Lipinski definition) is 1. The van der Waals surface area contributed by atoms with Crippen molar-refractivity contribution in [3.05, 3.63) is 65.7 Å². The summed E-state index contributed by atoms with van der Waals surface area (Å²) in [5, 5.41) is 7.36. The van der Waals surface area contributed by atoms with E-state index in [1.54, 1.807) is 4.90 Å². The van der Waals surface area contributed by atoms with E-state index in [1.807, 2.05) is 69.3 Å². The number of nitrogens with zero attached hydrogens (tertiary/aromatic N) is 3. The predicted molar refractivity (Wildman–Crippen MR) is 134 cm³/mol. The van der Waals surface area contributed by atoms with E-state index in [0.717, 1.165) is 33.9 Å².